The van der Waals surface area contributed by atoms with Crippen molar-refractivity contribution in [3.8, 4) is 17.2 Å². The number of ketones is 1. The Morgan fingerprint density at radius 1 is 1.13 bits per heavy atom. The third-order valence-electron chi connectivity index (χ3n) is 4.77. The number of aryl methyl sites for hydroxylation is 1. The molecular weight excluding hydrogens is 468 g/mol. The SMILES string of the molecule is COc1ccc(Br)cc1/C=C1\Oc2cc(OCc3ccccc3Cl)cc(C)c2C1=O. The number of fused-ring (bicyclic) bond motifs is 1. The normalized spacial score (nSPS) is 13.9. The molecule has 3 aromatic carbocycles. The van der Waals surface area contributed by atoms with E-state index in [1.54, 1.807) is 19.3 Å². The average molecular weight is 486 g/mol. The van der Waals surface area contributed by atoms with Gasteiger partial charge >= 0.3 is 0 Å². The van der Waals surface area contributed by atoms with Crippen LogP contribution in [0, 0.1) is 6.92 Å². The molecule has 30 heavy (non-hydrogen) atoms. The predicted molar refractivity (Wildman–Crippen MR) is 121 cm³/mol. The lowest BCUT2D eigenvalue weighted by Crippen LogP contribution is -2.00. The average Bonchev–Trinajstić information content (AvgIpc) is 3.03. The van der Waals surface area contributed by atoms with Gasteiger partial charge in [-0.2, -0.15) is 0 Å². The van der Waals surface area contributed by atoms with Gasteiger partial charge in [-0.25, -0.2) is 0 Å². The highest BCUT2D eigenvalue weighted by Crippen LogP contribution is 2.38. The number of methoxy groups -OCH3 is 1. The summed E-state index contributed by atoms with van der Waals surface area (Å²) in [6, 6.07) is 16.7. The summed E-state index contributed by atoms with van der Waals surface area (Å²) in [5.74, 6) is 1.82. The van der Waals surface area contributed by atoms with E-state index in [9.17, 15) is 4.79 Å². The summed E-state index contributed by atoms with van der Waals surface area (Å²) in [5.41, 5.74) is 2.96. The molecule has 0 aliphatic carbocycles. The number of rotatable bonds is 5. The van der Waals surface area contributed by atoms with Gasteiger partial charge in [-0.15, -0.1) is 0 Å². The molecule has 0 saturated heterocycles. The van der Waals surface area contributed by atoms with Gasteiger partial charge in [0.15, 0.2) is 5.76 Å². The molecular formula is C24H18BrClO4. The number of benzene rings is 3. The van der Waals surface area contributed by atoms with E-state index in [4.69, 9.17) is 25.8 Å². The van der Waals surface area contributed by atoms with E-state index < -0.39 is 0 Å². The van der Waals surface area contributed by atoms with Crippen LogP contribution < -0.4 is 14.2 Å². The van der Waals surface area contributed by atoms with E-state index in [2.05, 4.69) is 15.9 Å². The maximum absolute atomic E-state index is 12.9. The quantitative estimate of drug-likeness (QED) is 0.381. The first-order valence-corrected chi connectivity index (χ1v) is 10.4. The standard InChI is InChI=1S/C24H18BrClO4/c1-14-9-18(29-13-15-5-3-4-6-19(15)26)12-21-23(14)24(27)22(30-21)11-16-10-17(25)7-8-20(16)28-2/h3-12H,13H2,1-2H3/b22-11-. The van der Waals surface area contributed by atoms with Crippen LogP contribution in [0.5, 0.6) is 17.2 Å². The molecule has 152 valence electrons. The highest BCUT2D eigenvalue weighted by molar-refractivity contribution is 9.10. The van der Waals surface area contributed by atoms with Crippen molar-refractivity contribution in [3.05, 3.63) is 92.1 Å². The Kier molecular flexibility index (Phi) is 5.84. The smallest absolute Gasteiger partial charge is 0.232 e. The highest BCUT2D eigenvalue weighted by atomic mass is 79.9. The maximum Gasteiger partial charge on any atom is 0.232 e. The molecule has 0 aromatic heterocycles. The Hall–Kier alpha value is -2.76. The van der Waals surface area contributed by atoms with Gasteiger partial charge in [0.05, 0.1) is 12.7 Å². The van der Waals surface area contributed by atoms with Crippen molar-refractivity contribution in [2.75, 3.05) is 7.11 Å². The Morgan fingerprint density at radius 3 is 2.70 bits per heavy atom. The number of hydrogen-bond acceptors (Lipinski definition) is 4. The lowest BCUT2D eigenvalue weighted by atomic mass is 10.0. The van der Waals surface area contributed by atoms with Gasteiger partial charge in [-0.05, 0) is 48.9 Å². The van der Waals surface area contributed by atoms with Gasteiger partial charge in [0, 0.05) is 26.7 Å². The fourth-order valence-corrected chi connectivity index (χ4v) is 3.87. The van der Waals surface area contributed by atoms with Crippen molar-refractivity contribution in [3.63, 3.8) is 0 Å². The molecule has 0 atom stereocenters. The van der Waals surface area contributed by atoms with Crippen LogP contribution in [0.15, 0.2) is 64.8 Å². The van der Waals surface area contributed by atoms with Gasteiger partial charge in [-0.3, -0.25) is 4.79 Å². The second-order valence-electron chi connectivity index (χ2n) is 6.82. The fourth-order valence-electron chi connectivity index (χ4n) is 3.30. The lowest BCUT2D eigenvalue weighted by molar-refractivity contribution is 0.101. The molecule has 0 unspecified atom stereocenters. The number of ether oxygens (including phenoxy) is 3. The molecule has 4 nitrogen and oxygen atoms in total. The van der Waals surface area contributed by atoms with E-state index in [0.29, 0.717) is 34.4 Å². The van der Waals surface area contributed by atoms with Crippen molar-refractivity contribution in [2.45, 2.75) is 13.5 Å². The lowest BCUT2D eigenvalue weighted by Gasteiger charge is -2.10. The third-order valence-corrected chi connectivity index (χ3v) is 5.64. The zero-order valence-corrected chi connectivity index (χ0v) is 18.7. The van der Waals surface area contributed by atoms with E-state index in [1.165, 1.54) is 0 Å². The number of hydrogen-bond donors (Lipinski definition) is 0. The number of carbonyl (C=O) groups excluding carboxylic acids is 1. The Bertz CT molecular complexity index is 1170. The number of Topliss-reactive ketones (excluding diaryl/α,β-unsaturated/α-hetero) is 1. The Labute approximate surface area is 188 Å². The number of allylic oxidation sites excluding steroid dienone is 1. The first kappa shape index (κ1) is 20.5. The van der Waals surface area contributed by atoms with Crippen LogP contribution in [-0.2, 0) is 6.61 Å². The van der Waals surface area contributed by atoms with E-state index in [-0.39, 0.29) is 11.5 Å². The summed E-state index contributed by atoms with van der Waals surface area (Å²) in [5, 5.41) is 0.648. The minimum absolute atomic E-state index is 0.165. The predicted octanol–water partition coefficient (Wildman–Crippen LogP) is 6.61. The second-order valence-corrected chi connectivity index (χ2v) is 8.14. The second kappa shape index (κ2) is 8.54. The van der Waals surface area contributed by atoms with E-state index in [0.717, 1.165) is 21.2 Å². The first-order valence-electron chi connectivity index (χ1n) is 9.25. The summed E-state index contributed by atoms with van der Waals surface area (Å²) >= 11 is 9.64. The van der Waals surface area contributed by atoms with Gasteiger partial charge < -0.3 is 14.2 Å². The number of halogens is 2. The van der Waals surface area contributed by atoms with Crippen LogP contribution in [0.2, 0.25) is 5.02 Å². The molecule has 0 bridgehead atoms. The Balaban J connectivity index is 1.61. The van der Waals surface area contributed by atoms with Crippen LogP contribution in [0.25, 0.3) is 6.08 Å². The summed E-state index contributed by atoms with van der Waals surface area (Å²) in [4.78, 5) is 12.9. The minimum atomic E-state index is -0.165. The first-order chi connectivity index (χ1) is 14.5. The van der Waals surface area contributed by atoms with Crippen molar-refractivity contribution >= 4 is 39.4 Å². The van der Waals surface area contributed by atoms with Gasteiger partial charge in [0.2, 0.25) is 5.78 Å². The molecule has 0 amide bonds. The van der Waals surface area contributed by atoms with E-state index in [1.807, 2.05) is 55.5 Å². The summed E-state index contributed by atoms with van der Waals surface area (Å²) < 4.78 is 18.1. The minimum Gasteiger partial charge on any atom is -0.496 e. The topological polar surface area (TPSA) is 44.8 Å². The van der Waals surface area contributed by atoms with Crippen molar-refractivity contribution in [2.24, 2.45) is 0 Å². The van der Waals surface area contributed by atoms with Crippen molar-refractivity contribution in [1.29, 1.82) is 0 Å². The van der Waals surface area contributed by atoms with Crippen LogP contribution in [-0.4, -0.2) is 12.9 Å². The third kappa shape index (κ3) is 4.09. The molecule has 1 aliphatic rings. The van der Waals surface area contributed by atoms with Crippen molar-refractivity contribution in [1.82, 2.24) is 0 Å². The Morgan fingerprint density at radius 2 is 1.93 bits per heavy atom. The molecule has 4 rings (SSSR count). The largest absolute Gasteiger partial charge is 0.496 e. The molecule has 0 saturated carbocycles. The monoisotopic (exact) mass is 484 g/mol. The number of carbonyl (C=O) groups is 1. The molecule has 0 fully saturated rings. The van der Waals surface area contributed by atoms with Gasteiger partial charge in [0.1, 0.15) is 23.9 Å². The van der Waals surface area contributed by atoms with Gasteiger partial charge in [-0.1, -0.05) is 45.7 Å². The van der Waals surface area contributed by atoms with Crippen LogP contribution in [0.3, 0.4) is 0 Å². The zero-order valence-electron chi connectivity index (χ0n) is 16.4. The van der Waals surface area contributed by atoms with Crippen molar-refractivity contribution < 1.29 is 19.0 Å². The molecule has 0 N–H and O–H groups in total. The zero-order chi connectivity index (χ0) is 21.3. The summed E-state index contributed by atoms with van der Waals surface area (Å²) in [6.45, 7) is 2.19. The highest BCUT2D eigenvalue weighted by Gasteiger charge is 2.30. The van der Waals surface area contributed by atoms with Crippen LogP contribution in [0.1, 0.15) is 27.0 Å². The maximum atomic E-state index is 12.9. The summed E-state index contributed by atoms with van der Waals surface area (Å²) in [7, 11) is 1.59. The summed E-state index contributed by atoms with van der Waals surface area (Å²) in [6.07, 6.45) is 1.69. The molecule has 1 aliphatic heterocycles. The van der Waals surface area contributed by atoms with Gasteiger partial charge in [0.25, 0.3) is 0 Å². The fraction of sp³-hybridized carbons (Fsp3) is 0.125. The molecule has 3 aromatic rings. The molecule has 6 heteroatoms. The molecule has 0 spiro atoms. The van der Waals surface area contributed by atoms with Crippen LogP contribution in [0.4, 0.5) is 0 Å². The molecule has 1 heterocycles. The van der Waals surface area contributed by atoms with Crippen LogP contribution >= 0.6 is 27.5 Å². The molecule has 0 radical (unpaired) electrons. The van der Waals surface area contributed by atoms with E-state index >= 15 is 0 Å².